The highest BCUT2D eigenvalue weighted by atomic mass is 79.9. The van der Waals surface area contributed by atoms with Crippen LogP contribution in [0.15, 0.2) is 87.2 Å². The second kappa shape index (κ2) is 8.78. The van der Waals surface area contributed by atoms with Crippen molar-refractivity contribution in [2.45, 2.75) is 18.4 Å². The molecule has 0 aliphatic rings. The van der Waals surface area contributed by atoms with Crippen molar-refractivity contribution < 1.29 is 13.2 Å². The minimum absolute atomic E-state index is 0.171. The number of aromatic nitrogens is 1. The quantitative estimate of drug-likeness (QED) is 0.404. The summed E-state index contributed by atoms with van der Waals surface area (Å²) >= 11 is 5.01. The van der Waals surface area contributed by atoms with E-state index in [1.165, 1.54) is 23.5 Å². The SMILES string of the molecule is CCn1c(=NC(=O)c2ccc(NS(=O)(=O)c3ccccc3)cc2)sc2cccc(Br)c21. The van der Waals surface area contributed by atoms with Crippen molar-refractivity contribution in [1.29, 1.82) is 0 Å². The van der Waals surface area contributed by atoms with Crippen LogP contribution in [-0.2, 0) is 16.6 Å². The fourth-order valence-corrected chi connectivity index (χ4v) is 6.02. The van der Waals surface area contributed by atoms with E-state index in [9.17, 15) is 13.2 Å². The van der Waals surface area contributed by atoms with Gasteiger partial charge in [0, 0.05) is 22.3 Å². The first-order valence-corrected chi connectivity index (χ1v) is 12.5. The van der Waals surface area contributed by atoms with Crippen molar-refractivity contribution in [3.05, 3.63) is 87.6 Å². The average Bonchev–Trinajstić information content (AvgIpc) is 3.13. The van der Waals surface area contributed by atoms with Crippen LogP contribution in [0, 0.1) is 0 Å². The van der Waals surface area contributed by atoms with Crippen LogP contribution in [0.25, 0.3) is 10.2 Å². The van der Waals surface area contributed by atoms with Crippen LogP contribution in [0.3, 0.4) is 0 Å². The zero-order valence-electron chi connectivity index (χ0n) is 16.4. The van der Waals surface area contributed by atoms with Crippen LogP contribution in [-0.4, -0.2) is 18.9 Å². The van der Waals surface area contributed by atoms with Gasteiger partial charge in [-0.2, -0.15) is 4.99 Å². The molecule has 6 nitrogen and oxygen atoms in total. The monoisotopic (exact) mass is 515 g/mol. The number of carbonyl (C=O) groups is 1. The molecular formula is C22H18BrN3O3S2. The minimum Gasteiger partial charge on any atom is -0.316 e. The minimum atomic E-state index is -3.69. The second-order valence-corrected chi connectivity index (χ2v) is 10.2. The number of hydrogen-bond acceptors (Lipinski definition) is 4. The number of fused-ring (bicyclic) bond motifs is 1. The molecule has 4 aromatic rings. The summed E-state index contributed by atoms with van der Waals surface area (Å²) in [5.74, 6) is -0.387. The average molecular weight is 516 g/mol. The molecule has 3 aromatic carbocycles. The third-order valence-corrected chi connectivity index (χ3v) is 7.68. The highest BCUT2D eigenvalue weighted by Gasteiger charge is 2.14. The Balaban J connectivity index is 1.61. The lowest BCUT2D eigenvalue weighted by molar-refractivity contribution is 0.0998. The number of anilines is 1. The van der Waals surface area contributed by atoms with Gasteiger partial charge in [0.1, 0.15) is 0 Å². The van der Waals surface area contributed by atoms with Gasteiger partial charge in [-0.1, -0.05) is 35.6 Å². The molecule has 0 saturated heterocycles. The van der Waals surface area contributed by atoms with Crippen molar-refractivity contribution in [3.8, 4) is 0 Å². The van der Waals surface area contributed by atoms with Crippen LogP contribution < -0.4 is 9.52 Å². The Bertz CT molecular complexity index is 1420. The topological polar surface area (TPSA) is 80.5 Å². The molecule has 0 radical (unpaired) electrons. The molecule has 0 saturated carbocycles. The van der Waals surface area contributed by atoms with Crippen molar-refractivity contribution in [3.63, 3.8) is 0 Å². The molecule has 9 heteroatoms. The number of hydrogen-bond donors (Lipinski definition) is 1. The van der Waals surface area contributed by atoms with E-state index in [1.54, 1.807) is 42.5 Å². The van der Waals surface area contributed by atoms with Gasteiger partial charge in [0.25, 0.3) is 15.9 Å². The maximum Gasteiger partial charge on any atom is 0.279 e. The first-order valence-electron chi connectivity index (χ1n) is 9.44. The smallest absolute Gasteiger partial charge is 0.279 e. The highest BCUT2D eigenvalue weighted by molar-refractivity contribution is 9.10. The molecule has 0 aliphatic carbocycles. The number of para-hydroxylation sites is 1. The first kappa shape index (κ1) is 21.5. The largest absolute Gasteiger partial charge is 0.316 e. The lowest BCUT2D eigenvalue weighted by Crippen LogP contribution is -2.16. The molecule has 1 N–H and O–H groups in total. The number of amides is 1. The number of thiazole rings is 1. The van der Waals surface area contributed by atoms with Crippen molar-refractivity contribution in [2.75, 3.05) is 4.72 Å². The van der Waals surface area contributed by atoms with Gasteiger partial charge in [-0.05, 0) is 71.4 Å². The normalized spacial score (nSPS) is 12.3. The summed E-state index contributed by atoms with van der Waals surface area (Å²) in [6, 6.07) is 20.2. The Morgan fingerprint density at radius 1 is 1.03 bits per heavy atom. The van der Waals surface area contributed by atoms with Gasteiger partial charge in [-0.3, -0.25) is 9.52 Å². The van der Waals surface area contributed by atoms with Crippen LogP contribution in [0.1, 0.15) is 17.3 Å². The number of carbonyl (C=O) groups excluding carboxylic acids is 1. The number of nitrogens with one attached hydrogen (secondary N) is 1. The Kier molecular flexibility index (Phi) is 6.08. The summed E-state index contributed by atoms with van der Waals surface area (Å²) in [5.41, 5.74) is 1.75. The van der Waals surface area contributed by atoms with Crippen LogP contribution in [0.4, 0.5) is 5.69 Å². The second-order valence-electron chi connectivity index (χ2n) is 6.63. The maximum atomic E-state index is 12.7. The van der Waals surface area contributed by atoms with Gasteiger partial charge in [-0.15, -0.1) is 0 Å². The fraction of sp³-hybridized carbons (Fsp3) is 0.0909. The summed E-state index contributed by atoms with van der Waals surface area (Å²) in [6.45, 7) is 2.68. The molecule has 0 spiro atoms. The van der Waals surface area contributed by atoms with Crippen LogP contribution in [0.2, 0.25) is 0 Å². The molecular weight excluding hydrogens is 498 g/mol. The van der Waals surface area contributed by atoms with E-state index >= 15 is 0 Å². The summed E-state index contributed by atoms with van der Waals surface area (Å²) in [5, 5.41) is 0. The number of nitrogens with zero attached hydrogens (tertiary/aromatic N) is 2. The van der Waals surface area contributed by atoms with Crippen molar-refractivity contribution >= 4 is 59.1 Å². The van der Waals surface area contributed by atoms with E-state index in [0.29, 0.717) is 22.6 Å². The van der Waals surface area contributed by atoms with E-state index in [-0.39, 0.29) is 10.8 Å². The molecule has 4 rings (SSSR count). The fourth-order valence-electron chi connectivity index (χ4n) is 3.11. The summed E-state index contributed by atoms with van der Waals surface area (Å²) in [4.78, 5) is 17.8. The number of sulfonamides is 1. The van der Waals surface area contributed by atoms with Gasteiger partial charge in [0.15, 0.2) is 4.80 Å². The predicted molar refractivity (Wildman–Crippen MR) is 127 cm³/mol. The zero-order valence-corrected chi connectivity index (χ0v) is 19.7. The van der Waals surface area contributed by atoms with Crippen LogP contribution >= 0.6 is 27.3 Å². The number of aryl methyl sites for hydroxylation is 1. The van der Waals surface area contributed by atoms with Gasteiger partial charge in [0.05, 0.1) is 15.1 Å². The molecule has 1 heterocycles. The Labute approximate surface area is 192 Å². The summed E-state index contributed by atoms with van der Waals surface area (Å²) in [6.07, 6.45) is 0. The molecule has 0 unspecified atom stereocenters. The lowest BCUT2D eigenvalue weighted by atomic mass is 10.2. The van der Waals surface area contributed by atoms with Crippen molar-refractivity contribution in [2.24, 2.45) is 4.99 Å². The van der Waals surface area contributed by atoms with Gasteiger partial charge >= 0.3 is 0 Å². The van der Waals surface area contributed by atoms with Gasteiger partial charge in [0.2, 0.25) is 0 Å². The molecule has 0 atom stereocenters. The number of halogens is 1. The number of benzene rings is 3. The maximum absolute atomic E-state index is 12.7. The molecule has 31 heavy (non-hydrogen) atoms. The standard InChI is InChI=1S/C22H18BrN3O3S2/c1-2-26-20-18(23)9-6-10-19(20)30-22(26)24-21(27)15-11-13-16(14-12-15)25-31(28,29)17-7-4-3-5-8-17/h3-14,25H,2H2,1H3. The first-order chi connectivity index (χ1) is 14.9. The molecule has 0 aliphatic heterocycles. The van der Waals surface area contributed by atoms with E-state index in [0.717, 1.165) is 14.7 Å². The van der Waals surface area contributed by atoms with E-state index in [4.69, 9.17) is 0 Å². The summed E-state index contributed by atoms with van der Waals surface area (Å²) in [7, 11) is -3.69. The lowest BCUT2D eigenvalue weighted by Gasteiger charge is -2.08. The number of rotatable bonds is 5. The van der Waals surface area contributed by atoms with E-state index < -0.39 is 10.0 Å². The summed E-state index contributed by atoms with van der Waals surface area (Å²) < 4.78 is 31.4. The zero-order chi connectivity index (χ0) is 22.0. The third-order valence-electron chi connectivity index (χ3n) is 4.60. The predicted octanol–water partition coefficient (Wildman–Crippen LogP) is 5.03. The Morgan fingerprint density at radius 2 is 1.74 bits per heavy atom. The molecule has 0 bridgehead atoms. The van der Waals surface area contributed by atoms with Gasteiger partial charge < -0.3 is 4.57 Å². The van der Waals surface area contributed by atoms with Crippen LogP contribution in [0.5, 0.6) is 0 Å². The Morgan fingerprint density at radius 3 is 2.42 bits per heavy atom. The van der Waals surface area contributed by atoms with E-state index in [2.05, 4.69) is 25.6 Å². The molecule has 158 valence electrons. The third kappa shape index (κ3) is 4.48. The van der Waals surface area contributed by atoms with Gasteiger partial charge in [-0.25, -0.2) is 8.42 Å². The molecule has 1 amide bonds. The molecule has 0 fully saturated rings. The molecule has 1 aromatic heterocycles. The van der Waals surface area contributed by atoms with Crippen molar-refractivity contribution in [1.82, 2.24) is 4.57 Å². The Hall–Kier alpha value is -2.75. The van der Waals surface area contributed by atoms with E-state index in [1.807, 2.05) is 29.7 Å². The highest BCUT2D eigenvalue weighted by Crippen LogP contribution is 2.25.